The molecule has 4 rings (SSSR count). The summed E-state index contributed by atoms with van der Waals surface area (Å²) in [7, 11) is 1.83. The Hall–Kier alpha value is -3.88. The summed E-state index contributed by atoms with van der Waals surface area (Å²) in [6.07, 6.45) is 2.69. The number of benzene rings is 2. The fraction of sp³-hybridized carbons (Fsp3) is 0.286. The third kappa shape index (κ3) is 5.35. The average molecular weight is 491 g/mol. The molecule has 0 bridgehead atoms. The Bertz CT molecular complexity index is 1300. The second-order valence-electron chi connectivity index (χ2n) is 8.57. The zero-order valence-electron chi connectivity index (χ0n) is 20.4. The molecular formula is C28H30N2O6. The third-order valence-electron chi connectivity index (χ3n) is 6.20. The summed E-state index contributed by atoms with van der Waals surface area (Å²) >= 11 is 0. The van der Waals surface area contributed by atoms with Crippen LogP contribution in [0.25, 0.3) is 5.69 Å². The Morgan fingerprint density at radius 2 is 1.86 bits per heavy atom. The van der Waals surface area contributed by atoms with Gasteiger partial charge in [0.1, 0.15) is 6.61 Å². The molecule has 2 heterocycles. The molecule has 2 aromatic carbocycles. The van der Waals surface area contributed by atoms with Gasteiger partial charge in [-0.15, -0.1) is 0 Å². The molecule has 0 saturated carbocycles. The van der Waals surface area contributed by atoms with Crippen molar-refractivity contribution in [3.8, 4) is 5.69 Å². The number of para-hydroxylation sites is 1. The number of aliphatic hydroxyl groups is 1. The molecule has 188 valence electrons. The summed E-state index contributed by atoms with van der Waals surface area (Å²) < 4.78 is 20.5. The maximum Gasteiger partial charge on any atom is 0.373 e. The molecule has 1 aliphatic rings. The Labute approximate surface area is 209 Å². The van der Waals surface area contributed by atoms with Gasteiger partial charge in [-0.2, -0.15) is 0 Å². The number of allylic oxidation sites excluding steroid dienone is 1. The minimum Gasteiger partial charge on any atom is -0.458 e. The molecule has 1 aliphatic heterocycles. The molecule has 1 aromatic heterocycles. The molecule has 1 N–H and O–H groups in total. The van der Waals surface area contributed by atoms with Gasteiger partial charge in [0.05, 0.1) is 18.9 Å². The number of rotatable bonds is 9. The van der Waals surface area contributed by atoms with Crippen molar-refractivity contribution in [2.75, 3.05) is 6.61 Å². The van der Waals surface area contributed by atoms with E-state index in [1.165, 1.54) is 6.08 Å². The Balaban J connectivity index is 1.64. The SMILES string of the molecule is C=CCOC(=O)C1=CC(c2c(C)n(C)n(-c3ccccc3)c2=O)CC(OCc2ccc(CO)cc2)O1. The van der Waals surface area contributed by atoms with E-state index in [-0.39, 0.29) is 31.1 Å². The van der Waals surface area contributed by atoms with Crippen molar-refractivity contribution >= 4 is 5.97 Å². The average Bonchev–Trinajstić information content (AvgIpc) is 3.13. The van der Waals surface area contributed by atoms with Crippen LogP contribution in [0.3, 0.4) is 0 Å². The highest BCUT2D eigenvalue weighted by Crippen LogP contribution is 2.33. The molecule has 8 heteroatoms. The summed E-state index contributed by atoms with van der Waals surface area (Å²) in [5.41, 5.74) is 3.63. The van der Waals surface area contributed by atoms with E-state index in [1.54, 1.807) is 10.8 Å². The zero-order chi connectivity index (χ0) is 25.7. The van der Waals surface area contributed by atoms with E-state index in [0.29, 0.717) is 12.0 Å². The van der Waals surface area contributed by atoms with E-state index in [9.17, 15) is 14.7 Å². The number of hydrogen-bond donors (Lipinski definition) is 1. The van der Waals surface area contributed by atoms with Crippen molar-refractivity contribution in [3.05, 3.63) is 112 Å². The minimum absolute atomic E-state index is 0.00245. The standard InChI is InChI=1S/C28H30N2O6/c1-4-14-34-28(33)24-15-22(16-25(36-24)35-18-21-12-10-20(17-31)11-13-21)26-19(2)29(3)30(27(26)32)23-8-6-5-7-9-23/h4-13,15,22,25,31H,1,14,16-18H2,2-3H3. The van der Waals surface area contributed by atoms with Gasteiger partial charge in [-0.3, -0.25) is 9.48 Å². The van der Waals surface area contributed by atoms with Crippen LogP contribution in [-0.2, 0) is 39.3 Å². The summed E-state index contributed by atoms with van der Waals surface area (Å²) in [5, 5.41) is 9.24. The molecule has 0 amide bonds. The largest absolute Gasteiger partial charge is 0.458 e. The van der Waals surface area contributed by atoms with Crippen LogP contribution in [-0.4, -0.2) is 33.3 Å². The molecule has 0 saturated heterocycles. The molecule has 2 atom stereocenters. The lowest BCUT2D eigenvalue weighted by Gasteiger charge is -2.28. The molecule has 36 heavy (non-hydrogen) atoms. The monoisotopic (exact) mass is 490 g/mol. The summed E-state index contributed by atoms with van der Waals surface area (Å²) in [6, 6.07) is 16.8. The predicted molar refractivity (Wildman–Crippen MR) is 134 cm³/mol. The Morgan fingerprint density at radius 3 is 2.53 bits per heavy atom. The van der Waals surface area contributed by atoms with Crippen LogP contribution in [0, 0.1) is 6.92 Å². The Kier molecular flexibility index (Phi) is 7.87. The first-order valence-corrected chi connectivity index (χ1v) is 11.7. The van der Waals surface area contributed by atoms with Crippen molar-refractivity contribution in [2.45, 2.75) is 38.8 Å². The predicted octanol–water partition coefficient (Wildman–Crippen LogP) is 3.64. The summed E-state index contributed by atoms with van der Waals surface area (Å²) in [6.45, 7) is 5.69. The van der Waals surface area contributed by atoms with E-state index in [2.05, 4.69) is 6.58 Å². The fourth-order valence-electron chi connectivity index (χ4n) is 4.26. The van der Waals surface area contributed by atoms with Gasteiger partial charge in [-0.05, 0) is 36.3 Å². The van der Waals surface area contributed by atoms with Crippen molar-refractivity contribution < 1.29 is 24.1 Å². The zero-order valence-corrected chi connectivity index (χ0v) is 20.4. The van der Waals surface area contributed by atoms with Crippen LogP contribution in [0.1, 0.15) is 34.7 Å². The number of nitrogens with zero attached hydrogens (tertiary/aromatic N) is 2. The topological polar surface area (TPSA) is 91.9 Å². The lowest BCUT2D eigenvalue weighted by molar-refractivity contribution is -0.163. The first-order chi connectivity index (χ1) is 17.4. The Morgan fingerprint density at radius 1 is 1.17 bits per heavy atom. The number of aliphatic hydroxyl groups excluding tert-OH is 1. The van der Waals surface area contributed by atoms with Gasteiger partial charge in [-0.1, -0.05) is 55.1 Å². The maximum atomic E-state index is 13.6. The van der Waals surface area contributed by atoms with Crippen LogP contribution in [0.5, 0.6) is 0 Å². The smallest absolute Gasteiger partial charge is 0.373 e. The molecule has 3 aromatic rings. The summed E-state index contributed by atoms with van der Waals surface area (Å²) in [5.74, 6) is -1.06. The highest BCUT2D eigenvalue weighted by molar-refractivity contribution is 5.86. The minimum atomic E-state index is -0.770. The number of carbonyl (C=O) groups is 1. The van der Waals surface area contributed by atoms with Gasteiger partial charge in [0, 0.05) is 30.6 Å². The quantitative estimate of drug-likeness (QED) is 0.364. The number of hydrogen-bond acceptors (Lipinski definition) is 6. The second kappa shape index (κ2) is 11.2. The van der Waals surface area contributed by atoms with Crippen LogP contribution in [0.4, 0.5) is 0 Å². The van der Waals surface area contributed by atoms with Crippen LogP contribution in [0.2, 0.25) is 0 Å². The first-order valence-electron chi connectivity index (χ1n) is 11.7. The van der Waals surface area contributed by atoms with E-state index < -0.39 is 18.2 Å². The van der Waals surface area contributed by atoms with Crippen LogP contribution >= 0.6 is 0 Å². The number of carbonyl (C=O) groups excluding carboxylic acids is 1. The van der Waals surface area contributed by atoms with E-state index >= 15 is 0 Å². The third-order valence-corrected chi connectivity index (χ3v) is 6.20. The molecular weight excluding hydrogens is 460 g/mol. The maximum absolute atomic E-state index is 13.6. The van der Waals surface area contributed by atoms with Crippen LogP contribution < -0.4 is 5.56 Å². The lowest BCUT2D eigenvalue weighted by atomic mass is 9.93. The normalized spacial score (nSPS) is 17.2. The second-order valence-corrected chi connectivity index (χ2v) is 8.57. The molecule has 0 aliphatic carbocycles. The van der Waals surface area contributed by atoms with Crippen molar-refractivity contribution in [2.24, 2.45) is 7.05 Å². The number of aromatic nitrogens is 2. The van der Waals surface area contributed by atoms with Crippen molar-refractivity contribution in [1.29, 1.82) is 0 Å². The van der Waals surface area contributed by atoms with Crippen molar-refractivity contribution in [3.63, 3.8) is 0 Å². The van der Waals surface area contributed by atoms with Crippen molar-refractivity contribution in [1.82, 2.24) is 9.36 Å². The van der Waals surface area contributed by atoms with Crippen LogP contribution in [0.15, 0.2) is 83.9 Å². The number of ether oxygens (including phenoxy) is 3. The van der Waals surface area contributed by atoms with Gasteiger partial charge in [-0.25, -0.2) is 9.48 Å². The number of esters is 1. The van der Waals surface area contributed by atoms with Gasteiger partial charge in [0.2, 0.25) is 12.0 Å². The molecule has 0 spiro atoms. The highest BCUT2D eigenvalue weighted by atomic mass is 16.7. The van der Waals surface area contributed by atoms with Gasteiger partial charge in [0.25, 0.3) is 5.56 Å². The van der Waals surface area contributed by atoms with Gasteiger partial charge >= 0.3 is 5.97 Å². The lowest BCUT2D eigenvalue weighted by Crippen LogP contribution is -2.30. The molecule has 0 radical (unpaired) electrons. The fourth-order valence-corrected chi connectivity index (χ4v) is 4.26. The highest BCUT2D eigenvalue weighted by Gasteiger charge is 2.33. The first kappa shape index (κ1) is 25.2. The van der Waals surface area contributed by atoms with Gasteiger partial charge < -0.3 is 19.3 Å². The van der Waals surface area contributed by atoms with E-state index in [1.807, 2.05) is 73.3 Å². The van der Waals surface area contributed by atoms with E-state index in [0.717, 1.165) is 22.5 Å². The molecule has 0 fully saturated rings. The van der Waals surface area contributed by atoms with Gasteiger partial charge in [0.15, 0.2) is 0 Å². The summed E-state index contributed by atoms with van der Waals surface area (Å²) in [4.78, 5) is 26.2. The molecule has 8 nitrogen and oxygen atoms in total. The van der Waals surface area contributed by atoms with E-state index in [4.69, 9.17) is 14.2 Å². The molecule has 2 unspecified atom stereocenters.